The normalized spacial score (nSPS) is 10.7. The van der Waals surface area contributed by atoms with Gasteiger partial charge in [-0.25, -0.2) is 0 Å². The number of amides is 1. The molecule has 0 fully saturated rings. The lowest BCUT2D eigenvalue weighted by Gasteiger charge is -2.09. The van der Waals surface area contributed by atoms with Crippen molar-refractivity contribution in [2.75, 3.05) is 11.9 Å². The Morgan fingerprint density at radius 1 is 1.33 bits per heavy atom. The summed E-state index contributed by atoms with van der Waals surface area (Å²) in [7, 11) is 0. The standard InChI is InChI=1S/C13H18Br2N2O/c1-9(2)16-7-3-4-13(18)17-12-6-5-10(14)8-11(12)15/h5-6,8-9,16H,3-4,7H2,1-2H3,(H,17,18). The largest absolute Gasteiger partial charge is 0.325 e. The Balaban J connectivity index is 2.35. The molecule has 3 nitrogen and oxygen atoms in total. The number of carbonyl (C=O) groups is 1. The van der Waals surface area contributed by atoms with Gasteiger partial charge in [0.2, 0.25) is 5.91 Å². The van der Waals surface area contributed by atoms with E-state index in [0.717, 1.165) is 27.6 Å². The van der Waals surface area contributed by atoms with Crippen molar-refractivity contribution in [2.24, 2.45) is 0 Å². The van der Waals surface area contributed by atoms with Gasteiger partial charge in [-0.05, 0) is 47.1 Å². The highest BCUT2D eigenvalue weighted by Gasteiger charge is 2.05. The summed E-state index contributed by atoms with van der Waals surface area (Å²) in [6.07, 6.45) is 1.38. The van der Waals surface area contributed by atoms with Crippen molar-refractivity contribution in [3.05, 3.63) is 27.1 Å². The van der Waals surface area contributed by atoms with E-state index in [4.69, 9.17) is 0 Å². The highest BCUT2D eigenvalue weighted by molar-refractivity contribution is 9.11. The minimum Gasteiger partial charge on any atom is -0.325 e. The summed E-state index contributed by atoms with van der Waals surface area (Å²) in [6, 6.07) is 6.16. The molecule has 0 aliphatic carbocycles. The minimum absolute atomic E-state index is 0.0450. The molecule has 0 aliphatic rings. The predicted octanol–water partition coefficient (Wildman–Crippen LogP) is 3.93. The maximum atomic E-state index is 11.7. The number of benzene rings is 1. The molecule has 0 spiro atoms. The predicted molar refractivity (Wildman–Crippen MR) is 82.8 cm³/mol. The van der Waals surface area contributed by atoms with Crippen LogP contribution in [-0.4, -0.2) is 18.5 Å². The smallest absolute Gasteiger partial charge is 0.224 e. The first-order chi connectivity index (χ1) is 8.49. The molecular formula is C13H18Br2N2O. The maximum absolute atomic E-state index is 11.7. The van der Waals surface area contributed by atoms with E-state index in [2.05, 4.69) is 56.3 Å². The van der Waals surface area contributed by atoms with Crippen molar-refractivity contribution in [3.63, 3.8) is 0 Å². The molecular weight excluding hydrogens is 360 g/mol. The topological polar surface area (TPSA) is 41.1 Å². The molecule has 2 N–H and O–H groups in total. The number of carbonyl (C=O) groups excluding carboxylic acids is 1. The molecule has 5 heteroatoms. The molecule has 0 saturated carbocycles. The average molecular weight is 378 g/mol. The Morgan fingerprint density at radius 3 is 2.67 bits per heavy atom. The Morgan fingerprint density at radius 2 is 2.06 bits per heavy atom. The van der Waals surface area contributed by atoms with Crippen LogP contribution in [-0.2, 0) is 4.79 Å². The van der Waals surface area contributed by atoms with Crippen LogP contribution < -0.4 is 10.6 Å². The lowest BCUT2D eigenvalue weighted by Crippen LogP contribution is -2.24. The molecule has 18 heavy (non-hydrogen) atoms. The number of hydrogen-bond donors (Lipinski definition) is 2. The lowest BCUT2D eigenvalue weighted by atomic mass is 10.2. The summed E-state index contributed by atoms with van der Waals surface area (Å²) in [5, 5.41) is 6.18. The van der Waals surface area contributed by atoms with E-state index in [0.29, 0.717) is 12.5 Å². The fourth-order valence-corrected chi connectivity index (χ4v) is 2.59. The number of halogens is 2. The Labute approximate surface area is 125 Å². The summed E-state index contributed by atoms with van der Waals surface area (Å²) in [5.41, 5.74) is 0.806. The molecule has 0 bridgehead atoms. The molecule has 1 amide bonds. The fraction of sp³-hybridized carbons (Fsp3) is 0.462. The molecule has 0 atom stereocenters. The Hall–Kier alpha value is -0.390. The molecule has 0 aromatic heterocycles. The van der Waals surface area contributed by atoms with Crippen molar-refractivity contribution in [3.8, 4) is 0 Å². The van der Waals surface area contributed by atoms with E-state index < -0.39 is 0 Å². The van der Waals surface area contributed by atoms with Crippen LogP contribution in [0.2, 0.25) is 0 Å². The first-order valence-corrected chi connectivity index (χ1v) is 7.56. The van der Waals surface area contributed by atoms with Crippen LogP contribution in [0.15, 0.2) is 27.1 Å². The highest BCUT2D eigenvalue weighted by Crippen LogP contribution is 2.26. The third-order valence-electron chi connectivity index (χ3n) is 2.34. The second-order valence-corrected chi connectivity index (χ2v) is 6.15. The van der Waals surface area contributed by atoms with E-state index in [1.54, 1.807) is 0 Å². The summed E-state index contributed by atoms with van der Waals surface area (Å²) in [6.45, 7) is 5.06. The van der Waals surface area contributed by atoms with Crippen LogP contribution >= 0.6 is 31.9 Å². The number of anilines is 1. The third-order valence-corrected chi connectivity index (χ3v) is 3.49. The number of rotatable bonds is 6. The van der Waals surface area contributed by atoms with Gasteiger partial charge in [-0.15, -0.1) is 0 Å². The van der Waals surface area contributed by atoms with E-state index in [-0.39, 0.29) is 5.91 Å². The summed E-state index contributed by atoms with van der Waals surface area (Å²) < 4.78 is 1.86. The van der Waals surface area contributed by atoms with Gasteiger partial charge in [-0.2, -0.15) is 0 Å². The zero-order valence-electron chi connectivity index (χ0n) is 10.6. The zero-order chi connectivity index (χ0) is 13.5. The second kappa shape index (κ2) is 7.92. The second-order valence-electron chi connectivity index (χ2n) is 4.38. The van der Waals surface area contributed by atoms with Gasteiger partial charge in [-0.3, -0.25) is 4.79 Å². The molecule has 100 valence electrons. The summed E-state index contributed by atoms with van der Waals surface area (Å²) in [5.74, 6) is 0.0450. The van der Waals surface area contributed by atoms with Crippen molar-refractivity contribution in [1.29, 1.82) is 0 Å². The van der Waals surface area contributed by atoms with Crippen LogP contribution in [0.3, 0.4) is 0 Å². The Bertz CT molecular complexity index is 408. The molecule has 1 rings (SSSR count). The van der Waals surface area contributed by atoms with Gasteiger partial charge < -0.3 is 10.6 Å². The average Bonchev–Trinajstić information content (AvgIpc) is 2.28. The Kier molecular flexibility index (Phi) is 6.89. The third kappa shape index (κ3) is 5.98. The zero-order valence-corrected chi connectivity index (χ0v) is 13.8. The monoisotopic (exact) mass is 376 g/mol. The van der Waals surface area contributed by atoms with Crippen LogP contribution in [0.1, 0.15) is 26.7 Å². The number of nitrogens with one attached hydrogen (secondary N) is 2. The molecule has 0 unspecified atom stereocenters. The van der Waals surface area contributed by atoms with Crippen molar-refractivity contribution in [2.45, 2.75) is 32.7 Å². The fourth-order valence-electron chi connectivity index (χ4n) is 1.44. The van der Waals surface area contributed by atoms with Gasteiger partial charge in [0.25, 0.3) is 0 Å². The van der Waals surface area contributed by atoms with Gasteiger partial charge in [0.05, 0.1) is 5.69 Å². The molecule has 0 radical (unpaired) electrons. The SMILES string of the molecule is CC(C)NCCCC(=O)Nc1ccc(Br)cc1Br. The van der Waals surface area contributed by atoms with Crippen molar-refractivity contribution < 1.29 is 4.79 Å². The van der Waals surface area contributed by atoms with E-state index in [1.807, 2.05) is 18.2 Å². The molecule has 0 aliphatic heterocycles. The summed E-state index contributed by atoms with van der Waals surface area (Å²) in [4.78, 5) is 11.7. The van der Waals surface area contributed by atoms with Crippen LogP contribution in [0.25, 0.3) is 0 Å². The maximum Gasteiger partial charge on any atom is 0.224 e. The minimum atomic E-state index is 0.0450. The molecule has 1 aromatic rings. The summed E-state index contributed by atoms with van der Waals surface area (Å²) >= 11 is 6.80. The number of hydrogen-bond acceptors (Lipinski definition) is 2. The quantitative estimate of drug-likeness (QED) is 0.737. The van der Waals surface area contributed by atoms with Gasteiger partial charge >= 0.3 is 0 Å². The van der Waals surface area contributed by atoms with Crippen LogP contribution in [0, 0.1) is 0 Å². The van der Waals surface area contributed by atoms with E-state index >= 15 is 0 Å². The van der Waals surface area contributed by atoms with Gasteiger partial charge in [0, 0.05) is 21.4 Å². The molecule has 0 heterocycles. The van der Waals surface area contributed by atoms with Gasteiger partial charge in [-0.1, -0.05) is 29.8 Å². The van der Waals surface area contributed by atoms with Crippen molar-refractivity contribution >= 4 is 43.5 Å². The first-order valence-electron chi connectivity index (χ1n) is 5.97. The van der Waals surface area contributed by atoms with Crippen LogP contribution in [0.5, 0.6) is 0 Å². The van der Waals surface area contributed by atoms with E-state index in [9.17, 15) is 4.79 Å². The lowest BCUT2D eigenvalue weighted by molar-refractivity contribution is -0.116. The van der Waals surface area contributed by atoms with Gasteiger partial charge in [0.1, 0.15) is 0 Å². The van der Waals surface area contributed by atoms with Gasteiger partial charge in [0.15, 0.2) is 0 Å². The van der Waals surface area contributed by atoms with Crippen molar-refractivity contribution in [1.82, 2.24) is 5.32 Å². The highest BCUT2D eigenvalue weighted by atomic mass is 79.9. The van der Waals surface area contributed by atoms with E-state index in [1.165, 1.54) is 0 Å². The van der Waals surface area contributed by atoms with Crippen LogP contribution in [0.4, 0.5) is 5.69 Å². The molecule has 0 saturated heterocycles. The first kappa shape index (κ1) is 15.7. The molecule has 1 aromatic carbocycles.